The molecule has 0 spiro atoms. The molecular weight excluding hydrogens is 250 g/mol. The summed E-state index contributed by atoms with van der Waals surface area (Å²) in [5.41, 5.74) is 2.86. The number of nitrogens with zero attached hydrogens (tertiary/aromatic N) is 3. The molecule has 1 aromatic heterocycles. The van der Waals surface area contributed by atoms with Crippen molar-refractivity contribution < 1.29 is 4.74 Å². The zero-order chi connectivity index (χ0) is 13.0. The number of ether oxygens (including phenoxy) is 1. The van der Waals surface area contributed by atoms with Gasteiger partial charge in [-0.3, -0.25) is 0 Å². The Balaban J connectivity index is 2.45. The van der Waals surface area contributed by atoms with E-state index >= 15 is 0 Å². The van der Waals surface area contributed by atoms with Gasteiger partial charge in [0.1, 0.15) is 11.4 Å². The van der Waals surface area contributed by atoms with Crippen molar-refractivity contribution in [3.8, 4) is 11.4 Å². The van der Waals surface area contributed by atoms with Gasteiger partial charge in [0.2, 0.25) is 0 Å². The molecule has 0 bridgehead atoms. The van der Waals surface area contributed by atoms with E-state index in [-0.39, 0.29) is 0 Å². The van der Waals surface area contributed by atoms with Gasteiger partial charge in [-0.25, -0.2) is 4.68 Å². The summed E-state index contributed by atoms with van der Waals surface area (Å²) in [6.45, 7) is 2.13. The molecule has 0 unspecified atom stereocenters. The van der Waals surface area contributed by atoms with Crippen LogP contribution in [-0.2, 0) is 12.3 Å². The molecule has 18 heavy (non-hydrogen) atoms. The lowest BCUT2D eigenvalue weighted by atomic mass is 10.2. The summed E-state index contributed by atoms with van der Waals surface area (Å²) < 4.78 is 7.06. The van der Waals surface area contributed by atoms with E-state index in [2.05, 4.69) is 17.2 Å². The molecule has 0 aliphatic carbocycles. The fourth-order valence-corrected chi connectivity index (χ4v) is 2.08. The van der Waals surface area contributed by atoms with Crippen LogP contribution >= 0.6 is 11.6 Å². The topological polar surface area (TPSA) is 39.9 Å². The normalized spacial score (nSPS) is 10.6. The molecule has 0 radical (unpaired) electrons. The second kappa shape index (κ2) is 5.87. The Morgan fingerprint density at radius 3 is 2.89 bits per heavy atom. The second-order valence-corrected chi connectivity index (χ2v) is 4.25. The molecule has 0 atom stereocenters. The minimum Gasteiger partial charge on any atom is -0.497 e. The van der Waals surface area contributed by atoms with Crippen LogP contribution in [0.5, 0.6) is 5.75 Å². The standard InChI is InChI=1S/C13H16ClN3O/c1-3-5-13-12(9-14)15-16-17(13)10-6-4-7-11(8-10)18-2/h4,6-8H,3,5,9H2,1-2H3. The van der Waals surface area contributed by atoms with Crippen LogP contribution in [0.4, 0.5) is 0 Å². The first kappa shape index (κ1) is 12.9. The van der Waals surface area contributed by atoms with Gasteiger partial charge in [-0.15, -0.1) is 16.7 Å². The molecule has 5 heteroatoms. The predicted molar refractivity (Wildman–Crippen MR) is 71.5 cm³/mol. The third-order valence-corrected chi connectivity index (χ3v) is 3.01. The van der Waals surface area contributed by atoms with Crippen molar-refractivity contribution in [3.05, 3.63) is 35.7 Å². The molecule has 0 fully saturated rings. The SMILES string of the molecule is CCCc1c(CCl)nnn1-c1cccc(OC)c1. The van der Waals surface area contributed by atoms with Gasteiger partial charge in [-0.1, -0.05) is 24.6 Å². The number of hydrogen-bond donors (Lipinski definition) is 0. The minimum absolute atomic E-state index is 0.388. The van der Waals surface area contributed by atoms with Crippen LogP contribution in [-0.4, -0.2) is 22.1 Å². The first-order valence-corrected chi connectivity index (χ1v) is 6.47. The van der Waals surface area contributed by atoms with E-state index in [0.29, 0.717) is 5.88 Å². The van der Waals surface area contributed by atoms with Crippen molar-refractivity contribution >= 4 is 11.6 Å². The molecule has 1 aromatic carbocycles. The van der Waals surface area contributed by atoms with Crippen LogP contribution in [0.15, 0.2) is 24.3 Å². The molecule has 0 N–H and O–H groups in total. The van der Waals surface area contributed by atoms with E-state index in [1.807, 2.05) is 28.9 Å². The van der Waals surface area contributed by atoms with Crippen LogP contribution in [0.1, 0.15) is 24.7 Å². The molecule has 0 aliphatic heterocycles. The summed E-state index contributed by atoms with van der Waals surface area (Å²) in [4.78, 5) is 0. The summed E-state index contributed by atoms with van der Waals surface area (Å²) in [5, 5.41) is 8.30. The maximum atomic E-state index is 5.89. The zero-order valence-corrected chi connectivity index (χ0v) is 11.3. The Morgan fingerprint density at radius 1 is 1.39 bits per heavy atom. The van der Waals surface area contributed by atoms with Gasteiger partial charge in [-0.05, 0) is 18.6 Å². The van der Waals surface area contributed by atoms with E-state index in [9.17, 15) is 0 Å². The largest absolute Gasteiger partial charge is 0.497 e. The molecule has 96 valence electrons. The number of halogens is 1. The molecule has 2 rings (SSSR count). The van der Waals surface area contributed by atoms with Gasteiger partial charge < -0.3 is 4.74 Å². The van der Waals surface area contributed by atoms with Crippen molar-refractivity contribution in [1.82, 2.24) is 15.0 Å². The Hall–Kier alpha value is -1.55. The fraction of sp³-hybridized carbons (Fsp3) is 0.385. The fourth-order valence-electron chi connectivity index (χ4n) is 1.87. The van der Waals surface area contributed by atoms with Crippen molar-refractivity contribution in [2.45, 2.75) is 25.6 Å². The van der Waals surface area contributed by atoms with Crippen LogP contribution in [0.2, 0.25) is 0 Å². The number of methoxy groups -OCH3 is 1. The van der Waals surface area contributed by atoms with Gasteiger partial charge in [0.05, 0.1) is 24.4 Å². The van der Waals surface area contributed by atoms with E-state index in [0.717, 1.165) is 35.7 Å². The van der Waals surface area contributed by atoms with Gasteiger partial charge in [0, 0.05) is 6.07 Å². The van der Waals surface area contributed by atoms with Crippen LogP contribution in [0.25, 0.3) is 5.69 Å². The van der Waals surface area contributed by atoms with Gasteiger partial charge in [0.15, 0.2) is 0 Å². The molecule has 1 heterocycles. The van der Waals surface area contributed by atoms with Crippen molar-refractivity contribution in [2.75, 3.05) is 7.11 Å². The summed E-state index contributed by atoms with van der Waals surface area (Å²) in [7, 11) is 1.65. The summed E-state index contributed by atoms with van der Waals surface area (Å²) in [6, 6.07) is 7.76. The highest BCUT2D eigenvalue weighted by Crippen LogP contribution is 2.20. The molecule has 2 aromatic rings. The van der Waals surface area contributed by atoms with Crippen LogP contribution in [0, 0.1) is 0 Å². The Labute approximate surface area is 112 Å². The third-order valence-electron chi connectivity index (χ3n) is 2.75. The van der Waals surface area contributed by atoms with E-state index in [4.69, 9.17) is 16.3 Å². The van der Waals surface area contributed by atoms with Gasteiger partial charge in [-0.2, -0.15) is 0 Å². The third kappa shape index (κ3) is 2.48. The quantitative estimate of drug-likeness (QED) is 0.781. The van der Waals surface area contributed by atoms with Gasteiger partial charge in [0.25, 0.3) is 0 Å². The highest BCUT2D eigenvalue weighted by atomic mass is 35.5. The second-order valence-electron chi connectivity index (χ2n) is 3.98. The number of rotatable bonds is 5. The molecule has 0 aliphatic rings. The van der Waals surface area contributed by atoms with Crippen molar-refractivity contribution in [1.29, 1.82) is 0 Å². The predicted octanol–water partition coefficient (Wildman–Crippen LogP) is 2.97. The van der Waals surface area contributed by atoms with E-state index < -0.39 is 0 Å². The average molecular weight is 266 g/mol. The maximum absolute atomic E-state index is 5.89. The maximum Gasteiger partial charge on any atom is 0.121 e. The highest BCUT2D eigenvalue weighted by Gasteiger charge is 2.12. The number of alkyl halides is 1. The molecule has 0 saturated carbocycles. The minimum atomic E-state index is 0.388. The van der Waals surface area contributed by atoms with E-state index in [1.54, 1.807) is 7.11 Å². The van der Waals surface area contributed by atoms with Crippen LogP contribution in [0.3, 0.4) is 0 Å². The molecule has 0 amide bonds. The smallest absolute Gasteiger partial charge is 0.121 e. The molecular formula is C13H16ClN3O. The lowest BCUT2D eigenvalue weighted by Crippen LogP contribution is -2.03. The Morgan fingerprint density at radius 2 is 2.22 bits per heavy atom. The number of aromatic nitrogens is 3. The molecule has 4 nitrogen and oxygen atoms in total. The average Bonchev–Trinajstić information content (AvgIpc) is 2.82. The zero-order valence-electron chi connectivity index (χ0n) is 10.6. The first-order chi connectivity index (χ1) is 8.80. The lowest BCUT2D eigenvalue weighted by molar-refractivity contribution is 0.414. The monoisotopic (exact) mass is 265 g/mol. The Bertz CT molecular complexity index is 525. The Kier molecular flexibility index (Phi) is 4.20. The molecule has 0 saturated heterocycles. The summed E-state index contributed by atoms with van der Waals surface area (Å²) in [6.07, 6.45) is 1.94. The lowest BCUT2D eigenvalue weighted by Gasteiger charge is -2.08. The van der Waals surface area contributed by atoms with Crippen molar-refractivity contribution in [2.24, 2.45) is 0 Å². The highest BCUT2D eigenvalue weighted by molar-refractivity contribution is 6.16. The number of benzene rings is 1. The van der Waals surface area contributed by atoms with Gasteiger partial charge >= 0.3 is 0 Å². The van der Waals surface area contributed by atoms with Crippen molar-refractivity contribution in [3.63, 3.8) is 0 Å². The summed E-state index contributed by atoms with van der Waals surface area (Å²) in [5.74, 6) is 1.19. The first-order valence-electron chi connectivity index (χ1n) is 5.94. The van der Waals surface area contributed by atoms with Crippen LogP contribution < -0.4 is 4.74 Å². The summed E-state index contributed by atoms with van der Waals surface area (Å²) >= 11 is 5.89. The van der Waals surface area contributed by atoms with E-state index in [1.165, 1.54) is 0 Å². The number of hydrogen-bond acceptors (Lipinski definition) is 3.